The van der Waals surface area contributed by atoms with Gasteiger partial charge in [0.2, 0.25) is 0 Å². The molecule has 3 aromatic rings. The Morgan fingerprint density at radius 1 is 1.25 bits per heavy atom. The lowest BCUT2D eigenvalue weighted by Gasteiger charge is -2.23. The molecule has 1 amide bonds. The first-order chi connectivity index (χ1) is 15.2. The smallest absolute Gasteiger partial charge is 0.260 e. The summed E-state index contributed by atoms with van der Waals surface area (Å²) in [5.74, 6) is 0.523. The summed E-state index contributed by atoms with van der Waals surface area (Å²) in [4.78, 5) is 20.0. The van der Waals surface area contributed by atoms with Crippen molar-refractivity contribution < 1.29 is 22.7 Å². The van der Waals surface area contributed by atoms with Gasteiger partial charge in [-0.05, 0) is 69.2 Å². The molecule has 1 aliphatic heterocycles. The fraction of sp³-hybridized carbons (Fsp3) is 0.391. The Bertz CT molecular complexity index is 1210. The van der Waals surface area contributed by atoms with Crippen molar-refractivity contribution in [1.29, 1.82) is 0 Å². The van der Waals surface area contributed by atoms with E-state index < -0.39 is 9.84 Å². The van der Waals surface area contributed by atoms with Gasteiger partial charge in [0.25, 0.3) is 5.91 Å². The second kappa shape index (κ2) is 9.17. The molecule has 1 aromatic heterocycles. The van der Waals surface area contributed by atoms with Gasteiger partial charge in [0.15, 0.2) is 15.0 Å². The van der Waals surface area contributed by atoms with Crippen molar-refractivity contribution in [3.8, 4) is 5.75 Å². The highest BCUT2D eigenvalue weighted by atomic mass is 32.2. The van der Waals surface area contributed by atoms with Crippen LogP contribution in [0.3, 0.4) is 0 Å². The highest BCUT2D eigenvalue weighted by molar-refractivity contribution is 7.90. The third-order valence-corrected chi connectivity index (χ3v) is 7.29. The summed E-state index contributed by atoms with van der Waals surface area (Å²) in [7, 11) is -3.33. The Balaban J connectivity index is 1.67. The molecule has 0 N–H and O–H groups in total. The number of sulfone groups is 1. The largest absolute Gasteiger partial charge is 0.491 e. The number of nitrogens with zero attached hydrogens (tertiary/aromatic N) is 2. The molecule has 1 atom stereocenters. The number of carbonyl (C=O) groups excluding carboxylic acids is 1. The van der Waals surface area contributed by atoms with Crippen LogP contribution in [-0.2, 0) is 14.6 Å². The highest BCUT2D eigenvalue weighted by Gasteiger charge is 2.27. The van der Waals surface area contributed by atoms with E-state index in [-0.39, 0.29) is 23.0 Å². The van der Waals surface area contributed by atoms with Crippen molar-refractivity contribution >= 4 is 42.4 Å². The number of benzene rings is 2. The van der Waals surface area contributed by atoms with Crippen molar-refractivity contribution in [3.05, 3.63) is 48.0 Å². The van der Waals surface area contributed by atoms with E-state index in [0.717, 1.165) is 12.8 Å². The van der Waals surface area contributed by atoms with Crippen LogP contribution in [-0.4, -0.2) is 50.9 Å². The summed E-state index contributed by atoms with van der Waals surface area (Å²) < 4.78 is 36.0. The molecule has 1 aliphatic rings. The molecule has 0 saturated carbocycles. The van der Waals surface area contributed by atoms with Gasteiger partial charge in [0, 0.05) is 18.4 Å². The molecular formula is C23H26N2O5S2. The topological polar surface area (TPSA) is 85.8 Å². The molecule has 9 heteroatoms. The Morgan fingerprint density at radius 3 is 2.62 bits per heavy atom. The number of hydrogen-bond donors (Lipinski definition) is 0. The first kappa shape index (κ1) is 22.7. The summed E-state index contributed by atoms with van der Waals surface area (Å²) in [6.45, 7) is 4.97. The zero-order valence-corrected chi connectivity index (χ0v) is 19.9. The number of rotatable bonds is 7. The molecule has 2 aromatic carbocycles. The van der Waals surface area contributed by atoms with Gasteiger partial charge in [0.1, 0.15) is 5.75 Å². The third-order valence-electron chi connectivity index (χ3n) is 5.14. The predicted molar refractivity (Wildman–Crippen MR) is 126 cm³/mol. The maximum atomic E-state index is 13.5. The van der Waals surface area contributed by atoms with Crippen molar-refractivity contribution in [3.63, 3.8) is 0 Å². The lowest BCUT2D eigenvalue weighted by Crippen LogP contribution is -2.37. The minimum atomic E-state index is -3.33. The molecule has 170 valence electrons. The van der Waals surface area contributed by atoms with Crippen LogP contribution < -0.4 is 9.64 Å². The van der Waals surface area contributed by atoms with Gasteiger partial charge < -0.3 is 9.47 Å². The number of anilines is 1. The maximum absolute atomic E-state index is 13.5. The Labute approximate surface area is 191 Å². The van der Waals surface area contributed by atoms with Gasteiger partial charge in [-0.15, -0.1) is 0 Å². The van der Waals surface area contributed by atoms with E-state index in [9.17, 15) is 13.2 Å². The molecule has 1 saturated heterocycles. The quantitative estimate of drug-likeness (QED) is 0.507. The number of hydrogen-bond acceptors (Lipinski definition) is 7. The van der Waals surface area contributed by atoms with Crippen molar-refractivity contribution in [2.45, 2.75) is 43.8 Å². The minimum Gasteiger partial charge on any atom is -0.491 e. The third kappa shape index (κ3) is 5.11. The molecule has 4 rings (SSSR count). The van der Waals surface area contributed by atoms with Crippen molar-refractivity contribution in [2.24, 2.45) is 0 Å². The first-order valence-corrected chi connectivity index (χ1v) is 13.2. The standard InChI is InChI=1S/C23H26N2O5S2/c1-15(2)30-17-8-6-16(7-9-17)22(26)25(14-18-5-4-12-29-18)23-24-20-11-10-19(32(3,27)28)13-21(20)31-23/h6-11,13,15,18H,4-5,12,14H2,1-3H3. The maximum Gasteiger partial charge on any atom is 0.260 e. The average molecular weight is 475 g/mol. The molecule has 0 radical (unpaired) electrons. The van der Waals surface area contributed by atoms with Crippen LogP contribution in [0.1, 0.15) is 37.0 Å². The normalized spacial score (nSPS) is 16.6. The molecular weight excluding hydrogens is 448 g/mol. The van der Waals surface area contributed by atoms with Gasteiger partial charge >= 0.3 is 0 Å². The molecule has 0 bridgehead atoms. The van der Waals surface area contributed by atoms with E-state index in [1.54, 1.807) is 47.4 Å². The van der Waals surface area contributed by atoms with Crippen molar-refractivity contribution in [2.75, 3.05) is 24.3 Å². The fourth-order valence-corrected chi connectivity index (χ4v) is 5.32. The van der Waals surface area contributed by atoms with E-state index in [2.05, 4.69) is 4.98 Å². The number of ether oxygens (including phenoxy) is 2. The van der Waals surface area contributed by atoms with Gasteiger partial charge in [-0.2, -0.15) is 0 Å². The number of fused-ring (bicyclic) bond motifs is 1. The SMILES string of the molecule is CC(C)Oc1ccc(C(=O)N(CC2CCCO2)c2nc3ccc(S(C)(=O)=O)cc3s2)cc1. The van der Waals surface area contributed by atoms with Gasteiger partial charge in [-0.25, -0.2) is 13.4 Å². The van der Waals surface area contributed by atoms with Gasteiger partial charge in [-0.1, -0.05) is 11.3 Å². The first-order valence-electron chi connectivity index (χ1n) is 10.5. The van der Waals surface area contributed by atoms with Crippen LogP contribution in [0, 0.1) is 0 Å². The summed E-state index contributed by atoms with van der Waals surface area (Å²) in [5.41, 5.74) is 1.18. The number of aromatic nitrogens is 1. The Hall–Kier alpha value is -2.49. The monoisotopic (exact) mass is 474 g/mol. The molecule has 32 heavy (non-hydrogen) atoms. The van der Waals surface area contributed by atoms with Crippen molar-refractivity contribution in [1.82, 2.24) is 4.98 Å². The molecule has 1 unspecified atom stereocenters. The van der Waals surface area contributed by atoms with E-state index >= 15 is 0 Å². The minimum absolute atomic E-state index is 0.0483. The Morgan fingerprint density at radius 2 is 2.00 bits per heavy atom. The predicted octanol–water partition coefficient (Wildman–Crippen LogP) is 4.31. The van der Waals surface area contributed by atoms with E-state index in [1.165, 1.54) is 17.6 Å². The Kier molecular flexibility index (Phi) is 6.50. The van der Waals surface area contributed by atoms with E-state index in [0.29, 0.717) is 39.8 Å². The molecule has 2 heterocycles. The van der Waals surface area contributed by atoms with Crippen LogP contribution in [0.25, 0.3) is 10.2 Å². The lowest BCUT2D eigenvalue weighted by molar-refractivity contribution is 0.0917. The number of amides is 1. The van der Waals surface area contributed by atoms with Crippen LogP contribution in [0.15, 0.2) is 47.4 Å². The molecule has 1 fully saturated rings. The van der Waals surface area contributed by atoms with Crippen LogP contribution >= 0.6 is 11.3 Å². The van der Waals surface area contributed by atoms with Crippen LogP contribution in [0.4, 0.5) is 5.13 Å². The van der Waals surface area contributed by atoms with Crippen LogP contribution in [0.5, 0.6) is 5.75 Å². The lowest BCUT2D eigenvalue weighted by atomic mass is 10.1. The van der Waals surface area contributed by atoms with E-state index in [1.807, 2.05) is 13.8 Å². The summed E-state index contributed by atoms with van der Waals surface area (Å²) in [5, 5.41) is 0.522. The zero-order chi connectivity index (χ0) is 22.9. The molecule has 0 spiro atoms. The van der Waals surface area contributed by atoms with E-state index in [4.69, 9.17) is 9.47 Å². The second-order valence-electron chi connectivity index (χ2n) is 8.14. The van der Waals surface area contributed by atoms with Gasteiger partial charge in [0.05, 0.1) is 33.9 Å². The highest BCUT2D eigenvalue weighted by Crippen LogP contribution is 2.32. The number of carbonyl (C=O) groups is 1. The summed E-state index contributed by atoms with van der Waals surface area (Å²) in [6.07, 6.45) is 3.02. The summed E-state index contributed by atoms with van der Waals surface area (Å²) in [6, 6.07) is 11.9. The molecule has 0 aliphatic carbocycles. The number of thiazole rings is 1. The second-order valence-corrected chi connectivity index (χ2v) is 11.2. The van der Waals surface area contributed by atoms with Gasteiger partial charge in [-0.3, -0.25) is 9.69 Å². The summed E-state index contributed by atoms with van der Waals surface area (Å²) >= 11 is 1.30. The van der Waals surface area contributed by atoms with Crippen LogP contribution in [0.2, 0.25) is 0 Å². The molecule has 7 nitrogen and oxygen atoms in total. The fourth-order valence-electron chi connectivity index (χ4n) is 3.58. The zero-order valence-electron chi connectivity index (χ0n) is 18.3. The average Bonchev–Trinajstić information content (AvgIpc) is 3.40.